The van der Waals surface area contributed by atoms with Crippen molar-refractivity contribution in [3.05, 3.63) is 77.9 Å². The molecule has 166 valence electrons. The van der Waals surface area contributed by atoms with E-state index >= 15 is 0 Å². The van der Waals surface area contributed by atoms with Crippen LogP contribution in [0.2, 0.25) is 0 Å². The first-order valence-electron chi connectivity index (χ1n) is 9.75. The predicted molar refractivity (Wildman–Crippen MR) is 115 cm³/mol. The highest BCUT2D eigenvalue weighted by Crippen LogP contribution is 2.28. The number of pyridine rings is 1. The van der Waals surface area contributed by atoms with E-state index in [0.717, 1.165) is 17.3 Å². The van der Waals surface area contributed by atoms with E-state index in [-0.39, 0.29) is 32.1 Å². The molecular formula is C23H22FN3O5. The van der Waals surface area contributed by atoms with E-state index in [0.29, 0.717) is 16.9 Å². The van der Waals surface area contributed by atoms with Gasteiger partial charge in [0, 0.05) is 18.3 Å². The molecule has 0 bridgehead atoms. The predicted octanol–water partition coefficient (Wildman–Crippen LogP) is 2.51. The van der Waals surface area contributed by atoms with Gasteiger partial charge >= 0.3 is 5.97 Å². The van der Waals surface area contributed by atoms with Crippen molar-refractivity contribution in [1.82, 2.24) is 4.98 Å². The summed E-state index contributed by atoms with van der Waals surface area (Å²) < 4.78 is 24.0. The van der Waals surface area contributed by atoms with E-state index < -0.39 is 17.7 Å². The van der Waals surface area contributed by atoms with Crippen LogP contribution >= 0.6 is 0 Å². The summed E-state index contributed by atoms with van der Waals surface area (Å²) in [6.45, 7) is -0.441. The zero-order valence-electron chi connectivity index (χ0n) is 17.1. The lowest BCUT2D eigenvalue weighted by Crippen LogP contribution is -2.16. The van der Waals surface area contributed by atoms with Gasteiger partial charge < -0.3 is 25.6 Å². The number of hydrogen-bond donors (Lipinski definition) is 3. The van der Waals surface area contributed by atoms with E-state index in [1.807, 2.05) is 6.07 Å². The summed E-state index contributed by atoms with van der Waals surface area (Å²) in [4.78, 5) is 27.9. The van der Waals surface area contributed by atoms with Crippen molar-refractivity contribution in [2.45, 2.75) is 6.54 Å². The maximum atomic E-state index is 13.8. The molecule has 1 amide bonds. The van der Waals surface area contributed by atoms with Crippen LogP contribution in [0, 0.1) is 5.82 Å². The molecule has 0 saturated heterocycles. The molecule has 1 aromatic heterocycles. The van der Waals surface area contributed by atoms with Gasteiger partial charge in [-0.15, -0.1) is 0 Å². The number of carbonyl (C=O) groups is 2. The molecule has 9 heteroatoms. The van der Waals surface area contributed by atoms with Gasteiger partial charge in [0.05, 0.1) is 18.5 Å². The van der Waals surface area contributed by atoms with Gasteiger partial charge in [-0.3, -0.25) is 9.78 Å². The van der Waals surface area contributed by atoms with Gasteiger partial charge in [-0.05, 0) is 47.0 Å². The fourth-order valence-corrected chi connectivity index (χ4v) is 2.93. The van der Waals surface area contributed by atoms with Crippen LogP contribution in [0.4, 0.5) is 10.1 Å². The Bertz CT molecular complexity index is 1110. The monoisotopic (exact) mass is 439 g/mol. The molecule has 0 spiro atoms. The highest BCUT2D eigenvalue weighted by molar-refractivity contribution is 6.05. The summed E-state index contributed by atoms with van der Waals surface area (Å²) in [5.41, 5.74) is 8.41. The van der Waals surface area contributed by atoms with E-state index in [4.69, 9.17) is 20.3 Å². The number of benzene rings is 2. The van der Waals surface area contributed by atoms with Crippen molar-refractivity contribution in [2.24, 2.45) is 5.73 Å². The number of ether oxygens (including phenoxy) is 2. The van der Waals surface area contributed by atoms with Gasteiger partial charge in [0.2, 0.25) is 0 Å². The van der Waals surface area contributed by atoms with E-state index in [9.17, 15) is 14.0 Å². The fraction of sp³-hybridized carbons (Fsp3) is 0.174. The molecule has 3 aromatic rings. The van der Waals surface area contributed by atoms with Crippen LogP contribution in [0.1, 0.15) is 15.9 Å². The van der Waals surface area contributed by atoms with Crippen LogP contribution in [-0.2, 0) is 16.1 Å². The van der Waals surface area contributed by atoms with Crippen molar-refractivity contribution in [1.29, 1.82) is 0 Å². The SMILES string of the molecule is NCc1ccc(C(=O)Nc2ccncc2F)cc1-c1cccc(OCC(=O)OCCO)c1. The molecular weight excluding hydrogens is 417 g/mol. The van der Waals surface area contributed by atoms with Gasteiger partial charge in [0.15, 0.2) is 12.4 Å². The molecule has 8 nitrogen and oxygen atoms in total. The number of aliphatic hydroxyl groups excluding tert-OH is 1. The summed E-state index contributed by atoms with van der Waals surface area (Å²) in [6.07, 6.45) is 2.40. The number of aliphatic hydroxyl groups is 1. The highest BCUT2D eigenvalue weighted by atomic mass is 19.1. The van der Waals surface area contributed by atoms with Gasteiger partial charge in [0.25, 0.3) is 5.91 Å². The fourth-order valence-electron chi connectivity index (χ4n) is 2.93. The molecule has 0 radical (unpaired) electrons. The molecule has 3 rings (SSSR count). The lowest BCUT2D eigenvalue weighted by atomic mass is 9.96. The van der Waals surface area contributed by atoms with Crippen molar-refractivity contribution >= 4 is 17.6 Å². The number of anilines is 1. The second-order valence-corrected chi connectivity index (χ2v) is 6.65. The Morgan fingerprint density at radius 1 is 1.16 bits per heavy atom. The zero-order chi connectivity index (χ0) is 22.9. The van der Waals surface area contributed by atoms with Crippen molar-refractivity contribution in [3.63, 3.8) is 0 Å². The molecule has 1 heterocycles. The van der Waals surface area contributed by atoms with Crippen molar-refractivity contribution in [3.8, 4) is 16.9 Å². The summed E-state index contributed by atoms with van der Waals surface area (Å²) in [5, 5.41) is 11.2. The van der Waals surface area contributed by atoms with Gasteiger partial charge in [-0.1, -0.05) is 18.2 Å². The number of halogens is 1. The smallest absolute Gasteiger partial charge is 0.344 e. The molecule has 0 atom stereocenters. The Kier molecular flexibility index (Phi) is 7.85. The Morgan fingerprint density at radius 2 is 2.00 bits per heavy atom. The number of carbonyl (C=O) groups excluding carboxylic acids is 2. The third-order valence-electron chi connectivity index (χ3n) is 4.47. The van der Waals surface area contributed by atoms with Gasteiger partial charge in [-0.2, -0.15) is 0 Å². The minimum Gasteiger partial charge on any atom is -0.482 e. The van der Waals surface area contributed by atoms with E-state index in [1.54, 1.807) is 36.4 Å². The quantitative estimate of drug-likeness (QED) is 0.438. The number of nitrogens with zero attached hydrogens (tertiary/aromatic N) is 1. The number of nitrogens with one attached hydrogen (secondary N) is 1. The topological polar surface area (TPSA) is 124 Å². The van der Waals surface area contributed by atoms with E-state index in [2.05, 4.69) is 10.3 Å². The van der Waals surface area contributed by atoms with Crippen LogP contribution < -0.4 is 15.8 Å². The summed E-state index contributed by atoms with van der Waals surface area (Å²) in [5.74, 6) is -1.31. The molecule has 0 aliphatic heterocycles. The number of hydrogen-bond acceptors (Lipinski definition) is 7. The van der Waals surface area contributed by atoms with Crippen molar-refractivity contribution in [2.75, 3.05) is 25.1 Å². The maximum absolute atomic E-state index is 13.8. The van der Waals surface area contributed by atoms with Crippen LogP contribution in [-0.4, -0.2) is 41.8 Å². The van der Waals surface area contributed by atoms with Gasteiger partial charge in [0.1, 0.15) is 12.4 Å². The molecule has 0 aliphatic carbocycles. The third kappa shape index (κ3) is 5.87. The zero-order valence-corrected chi connectivity index (χ0v) is 17.1. The van der Waals surface area contributed by atoms with Crippen LogP contribution in [0.3, 0.4) is 0 Å². The second kappa shape index (κ2) is 11.0. The lowest BCUT2D eigenvalue weighted by molar-refractivity contribution is -0.146. The summed E-state index contributed by atoms with van der Waals surface area (Å²) in [7, 11) is 0. The largest absolute Gasteiger partial charge is 0.482 e. The average molecular weight is 439 g/mol. The summed E-state index contributed by atoms with van der Waals surface area (Å²) in [6, 6.07) is 13.3. The standard InChI is InChI=1S/C23H22FN3O5/c24-20-13-26-7-6-21(20)27-23(30)16-4-5-17(12-25)19(11-16)15-2-1-3-18(10-15)32-14-22(29)31-9-8-28/h1-7,10-11,13,28H,8-9,12,14,25H2,(H,26,27,30). The number of nitrogens with two attached hydrogens (primary N) is 1. The van der Waals surface area contributed by atoms with Crippen LogP contribution in [0.5, 0.6) is 5.75 Å². The second-order valence-electron chi connectivity index (χ2n) is 6.65. The molecule has 0 aliphatic rings. The highest BCUT2D eigenvalue weighted by Gasteiger charge is 2.14. The molecule has 0 unspecified atom stereocenters. The number of amides is 1. The Morgan fingerprint density at radius 3 is 2.75 bits per heavy atom. The normalized spacial score (nSPS) is 10.5. The van der Waals surface area contributed by atoms with Gasteiger partial charge in [-0.25, -0.2) is 9.18 Å². The first kappa shape index (κ1) is 22.9. The molecule has 32 heavy (non-hydrogen) atoms. The molecule has 0 fully saturated rings. The van der Waals surface area contributed by atoms with Crippen molar-refractivity contribution < 1.29 is 28.6 Å². The third-order valence-corrected chi connectivity index (χ3v) is 4.47. The first-order chi connectivity index (χ1) is 15.5. The number of aromatic nitrogens is 1. The lowest BCUT2D eigenvalue weighted by Gasteiger charge is -2.13. The molecule has 2 aromatic carbocycles. The Hall–Kier alpha value is -3.82. The molecule has 4 N–H and O–H groups in total. The molecule has 0 saturated carbocycles. The number of esters is 1. The number of rotatable bonds is 9. The minimum absolute atomic E-state index is 0.0259. The minimum atomic E-state index is -0.637. The van der Waals surface area contributed by atoms with E-state index in [1.165, 1.54) is 12.3 Å². The van der Waals surface area contributed by atoms with Crippen LogP contribution in [0.15, 0.2) is 60.9 Å². The first-order valence-corrected chi connectivity index (χ1v) is 9.75. The Labute approximate surface area is 183 Å². The maximum Gasteiger partial charge on any atom is 0.344 e. The summed E-state index contributed by atoms with van der Waals surface area (Å²) >= 11 is 0. The average Bonchev–Trinajstić information content (AvgIpc) is 2.82. The van der Waals surface area contributed by atoms with Crippen LogP contribution in [0.25, 0.3) is 11.1 Å². The Balaban J connectivity index is 1.82.